The lowest BCUT2D eigenvalue weighted by Crippen LogP contribution is -2.57. The molecule has 3 nitrogen and oxygen atoms in total. The van der Waals surface area contributed by atoms with Crippen molar-refractivity contribution < 1.29 is 4.79 Å². The highest BCUT2D eigenvalue weighted by Gasteiger charge is 2.26. The monoisotopic (exact) mass is 254 g/mol. The molecule has 0 unspecified atom stereocenters. The Morgan fingerprint density at radius 1 is 1.35 bits per heavy atom. The van der Waals surface area contributed by atoms with E-state index in [9.17, 15) is 4.79 Å². The van der Waals surface area contributed by atoms with Crippen LogP contribution in [-0.2, 0) is 0 Å². The molecule has 0 aliphatic carbocycles. The molecule has 1 saturated heterocycles. The number of carbonyl (C=O) groups is 1. The number of likely N-dealkylation sites (N-methyl/N-ethyl adjacent to an activating group) is 1. The van der Waals surface area contributed by atoms with Crippen LogP contribution in [0, 0.1) is 13.8 Å². The highest BCUT2D eigenvalue weighted by atomic mass is 35.5. The maximum Gasteiger partial charge on any atom is 0.254 e. The lowest BCUT2D eigenvalue weighted by atomic mass is 10.0. The number of aryl methyl sites for hydroxylation is 2. The number of carbonyl (C=O) groups excluding carboxylic acids is 1. The van der Waals surface area contributed by atoms with Crippen molar-refractivity contribution in [1.29, 1.82) is 0 Å². The fourth-order valence-corrected chi connectivity index (χ4v) is 1.87. The van der Waals surface area contributed by atoms with Gasteiger partial charge in [-0.25, -0.2) is 0 Å². The van der Waals surface area contributed by atoms with Crippen LogP contribution in [-0.4, -0.2) is 37.0 Å². The van der Waals surface area contributed by atoms with E-state index in [1.165, 1.54) is 0 Å². The molecule has 1 N–H and O–H groups in total. The van der Waals surface area contributed by atoms with E-state index in [-0.39, 0.29) is 18.3 Å². The predicted molar refractivity (Wildman–Crippen MR) is 71.9 cm³/mol. The molecule has 0 bridgehead atoms. The Morgan fingerprint density at radius 2 is 2.00 bits per heavy atom. The van der Waals surface area contributed by atoms with Crippen LogP contribution in [0.25, 0.3) is 0 Å². The molecule has 17 heavy (non-hydrogen) atoms. The van der Waals surface area contributed by atoms with E-state index in [2.05, 4.69) is 5.32 Å². The Bertz CT molecular complexity index is 416. The molecule has 1 aliphatic heterocycles. The lowest BCUT2D eigenvalue weighted by Gasteiger charge is -2.35. The van der Waals surface area contributed by atoms with Gasteiger partial charge in [0.25, 0.3) is 5.91 Å². The number of hydrogen-bond donors (Lipinski definition) is 1. The van der Waals surface area contributed by atoms with E-state index in [4.69, 9.17) is 0 Å². The van der Waals surface area contributed by atoms with E-state index in [1.54, 1.807) is 0 Å². The molecule has 2 rings (SSSR count). The van der Waals surface area contributed by atoms with Crippen molar-refractivity contribution in [2.75, 3.05) is 20.1 Å². The zero-order valence-corrected chi connectivity index (χ0v) is 11.3. The number of halogens is 1. The Morgan fingerprint density at radius 3 is 2.53 bits per heavy atom. The van der Waals surface area contributed by atoms with Crippen molar-refractivity contribution in [3.63, 3.8) is 0 Å². The van der Waals surface area contributed by atoms with Crippen molar-refractivity contribution in [3.05, 3.63) is 34.9 Å². The largest absolute Gasteiger partial charge is 0.336 e. The van der Waals surface area contributed by atoms with Gasteiger partial charge in [0.05, 0.1) is 6.04 Å². The van der Waals surface area contributed by atoms with Gasteiger partial charge in [-0.15, -0.1) is 12.4 Å². The molecule has 0 spiro atoms. The summed E-state index contributed by atoms with van der Waals surface area (Å²) < 4.78 is 0. The molecule has 0 saturated carbocycles. The first kappa shape index (κ1) is 14.0. The third-order valence-corrected chi connectivity index (χ3v) is 3.25. The van der Waals surface area contributed by atoms with E-state index in [1.807, 2.05) is 44.0 Å². The van der Waals surface area contributed by atoms with Crippen molar-refractivity contribution in [2.45, 2.75) is 19.9 Å². The first-order valence-corrected chi connectivity index (χ1v) is 5.64. The van der Waals surface area contributed by atoms with Crippen LogP contribution in [0.5, 0.6) is 0 Å². The van der Waals surface area contributed by atoms with Gasteiger partial charge in [-0.3, -0.25) is 4.79 Å². The topological polar surface area (TPSA) is 32.3 Å². The Balaban J connectivity index is 0.00000144. The third kappa shape index (κ3) is 2.79. The molecule has 94 valence electrons. The normalized spacial score (nSPS) is 14.8. The Kier molecular flexibility index (Phi) is 4.54. The molecule has 1 aliphatic rings. The van der Waals surface area contributed by atoms with E-state index < -0.39 is 0 Å². The summed E-state index contributed by atoms with van der Waals surface area (Å²) in [5.41, 5.74) is 3.01. The zero-order valence-electron chi connectivity index (χ0n) is 10.5. The van der Waals surface area contributed by atoms with Crippen molar-refractivity contribution >= 4 is 18.3 Å². The second kappa shape index (κ2) is 5.52. The summed E-state index contributed by atoms with van der Waals surface area (Å²) in [5.74, 6) is 0.132. The zero-order chi connectivity index (χ0) is 11.7. The highest BCUT2D eigenvalue weighted by molar-refractivity contribution is 5.96. The number of benzene rings is 1. The lowest BCUT2D eigenvalue weighted by molar-refractivity contribution is 0.0680. The second-order valence-electron chi connectivity index (χ2n) is 4.55. The quantitative estimate of drug-likeness (QED) is 0.873. The van der Waals surface area contributed by atoms with Crippen molar-refractivity contribution in [2.24, 2.45) is 0 Å². The number of nitrogens with zero attached hydrogens (tertiary/aromatic N) is 1. The number of hydrogen-bond acceptors (Lipinski definition) is 2. The van der Waals surface area contributed by atoms with Crippen LogP contribution in [0.3, 0.4) is 0 Å². The first-order chi connectivity index (χ1) is 7.59. The van der Waals surface area contributed by atoms with Gasteiger partial charge in [-0.2, -0.15) is 0 Å². The number of amides is 1. The van der Waals surface area contributed by atoms with Crippen molar-refractivity contribution in [1.82, 2.24) is 10.2 Å². The first-order valence-electron chi connectivity index (χ1n) is 5.64. The summed E-state index contributed by atoms with van der Waals surface area (Å²) in [4.78, 5) is 14.1. The van der Waals surface area contributed by atoms with Crippen LogP contribution < -0.4 is 5.32 Å². The molecule has 0 aromatic heterocycles. The van der Waals surface area contributed by atoms with Crippen molar-refractivity contribution in [3.8, 4) is 0 Å². The summed E-state index contributed by atoms with van der Waals surface area (Å²) in [6, 6.07) is 6.37. The van der Waals surface area contributed by atoms with Gasteiger partial charge in [-0.1, -0.05) is 17.7 Å². The summed E-state index contributed by atoms with van der Waals surface area (Å²) in [6.45, 7) is 5.82. The summed E-state index contributed by atoms with van der Waals surface area (Å²) in [5, 5.41) is 3.18. The maximum absolute atomic E-state index is 12.3. The Hall–Kier alpha value is -1.06. The highest BCUT2D eigenvalue weighted by Crippen LogP contribution is 2.15. The molecule has 0 atom stereocenters. The van der Waals surface area contributed by atoms with Crippen LogP contribution in [0.15, 0.2) is 18.2 Å². The minimum absolute atomic E-state index is 0. The minimum Gasteiger partial charge on any atom is -0.336 e. The summed E-state index contributed by atoms with van der Waals surface area (Å²) in [6.07, 6.45) is 0. The minimum atomic E-state index is 0. The SMILES string of the molecule is Cc1ccc(C)c(C(=O)N(C)C2CNC2)c1.Cl. The van der Waals surface area contributed by atoms with Gasteiger partial charge in [0, 0.05) is 25.7 Å². The molecule has 0 radical (unpaired) electrons. The molecule has 1 aromatic carbocycles. The van der Waals surface area contributed by atoms with Crippen LogP contribution in [0.2, 0.25) is 0 Å². The summed E-state index contributed by atoms with van der Waals surface area (Å²) >= 11 is 0. The number of rotatable bonds is 2. The maximum atomic E-state index is 12.3. The van der Waals surface area contributed by atoms with E-state index in [0.29, 0.717) is 6.04 Å². The van der Waals surface area contributed by atoms with Gasteiger partial charge in [0.1, 0.15) is 0 Å². The molecule has 1 aromatic rings. The average molecular weight is 255 g/mol. The Labute approximate surface area is 109 Å². The van der Waals surface area contributed by atoms with Crippen LogP contribution in [0.1, 0.15) is 21.5 Å². The number of nitrogens with one attached hydrogen (secondary N) is 1. The molecule has 1 fully saturated rings. The smallest absolute Gasteiger partial charge is 0.254 e. The van der Waals surface area contributed by atoms with Gasteiger partial charge in [0.15, 0.2) is 0 Å². The molecular weight excluding hydrogens is 236 g/mol. The fourth-order valence-electron chi connectivity index (χ4n) is 1.87. The standard InChI is InChI=1S/C13H18N2O.ClH/c1-9-4-5-10(2)12(6-9)13(16)15(3)11-7-14-8-11;/h4-6,11,14H,7-8H2,1-3H3;1H. The van der Waals surface area contributed by atoms with Gasteiger partial charge < -0.3 is 10.2 Å². The molecular formula is C13H19ClN2O. The van der Waals surface area contributed by atoms with Crippen LogP contribution >= 0.6 is 12.4 Å². The second-order valence-corrected chi connectivity index (χ2v) is 4.55. The molecule has 4 heteroatoms. The molecule has 1 heterocycles. The van der Waals surface area contributed by atoms with Gasteiger partial charge >= 0.3 is 0 Å². The fraction of sp³-hybridized carbons (Fsp3) is 0.462. The summed E-state index contributed by atoms with van der Waals surface area (Å²) in [7, 11) is 1.88. The predicted octanol–water partition coefficient (Wildman–Crippen LogP) is 1.77. The van der Waals surface area contributed by atoms with Gasteiger partial charge in [-0.05, 0) is 25.5 Å². The third-order valence-electron chi connectivity index (χ3n) is 3.25. The van der Waals surface area contributed by atoms with E-state index in [0.717, 1.165) is 29.8 Å². The molecule has 1 amide bonds. The average Bonchev–Trinajstić information content (AvgIpc) is 2.18. The van der Waals surface area contributed by atoms with E-state index >= 15 is 0 Å². The van der Waals surface area contributed by atoms with Crippen LogP contribution in [0.4, 0.5) is 0 Å². The van der Waals surface area contributed by atoms with Gasteiger partial charge in [0.2, 0.25) is 0 Å².